The lowest BCUT2D eigenvalue weighted by atomic mass is 10.1. The van der Waals surface area contributed by atoms with Gasteiger partial charge in [0.25, 0.3) is 11.8 Å². The fraction of sp³-hybridized carbons (Fsp3) is 0.0556. The van der Waals surface area contributed by atoms with Gasteiger partial charge in [-0.15, -0.1) is 0 Å². The first-order chi connectivity index (χ1) is 12.6. The Morgan fingerprint density at radius 1 is 1.04 bits per heavy atom. The maximum absolute atomic E-state index is 12.6. The van der Waals surface area contributed by atoms with Gasteiger partial charge in [0, 0.05) is 31.2 Å². The number of nitrogens with zero attached hydrogens (tertiary/aromatic N) is 4. The molecule has 26 heavy (non-hydrogen) atoms. The van der Waals surface area contributed by atoms with Crippen LogP contribution in [0.5, 0.6) is 0 Å². The van der Waals surface area contributed by atoms with E-state index in [1.54, 1.807) is 43.7 Å². The largest absolute Gasteiger partial charge is 0.367 e. The van der Waals surface area contributed by atoms with Gasteiger partial charge in [-0.3, -0.25) is 19.3 Å². The molecule has 0 aliphatic carbocycles. The molecule has 0 bridgehead atoms. The number of imide groups is 1. The van der Waals surface area contributed by atoms with Crippen LogP contribution in [0.3, 0.4) is 0 Å². The maximum atomic E-state index is 12.6. The second-order valence-electron chi connectivity index (χ2n) is 5.64. The van der Waals surface area contributed by atoms with Crippen molar-refractivity contribution in [1.29, 1.82) is 0 Å². The summed E-state index contributed by atoms with van der Waals surface area (Å²) in [7, 11) is 1.65. The summed E-state index contributed by atoms with van der Waals surface area (Å²) in [5.41, 5.74) is 1.48. The Labute approximate surface area is 147 Å². The van der Waals surface area contributed by atoms with Gasteiger partial charge in [-0.05, 0) is 24.3 Å². The smallest absolute Gasteiger partial charge is 0.324 e. The molecule has 0 radical (unpaired) electrons. The van der Waals surface area contributed by atoms with Gasteiger partial charge in [-0.2, -0.15) is 5.10 Å². The molecule has 2 amide bonds. The fourth-order valence-electron chi connectivity index (χ4n) is 2.74. The quantitative estimate of drug-likeness (QED) is 0.671. The molecule has 0 unspecified atom stereocenters. The Kier molecular flexibility index (Phi) is 3.58. The van der Waals surface area contributed by atoms with Gasteiger partial charge in [-0.1, -0.05) is 17.2 Å². The Morgan fingerprint density at radius 2 is 1.73 bits per heavy atom. The van der Waals surface area contributed by atoms with Crippen LogP contribution in [0.25, 0.3) is 11.3 Å². The molecule has 1 aliphatic heterocycles. The number of carbonyl (C=O) groups is 3. The normalized spacial score (nSPS) is 13.0. The van der Waals surface area contributed by atoms with Crippen molar-refractivity contribution >= 4 is 17.8 Å². The van der Waals surface area contributed by atoms with E-state index in [4.69, 9.17) is 4.84 Å². The van der Waals surface area contributed by atoms with Crippen molar-refractivity contribution in [1.82, 2.24) is 19.8 Å². The molecule has 8 heteroatoms. The molecule has 0 saturated carbocycles. The van der Waals surface area contributed by atoms with Crippen molar-refractivity contribution in [2.45, 2.75) is 0 Å². The highest BCUT2D eigenvalue weighted by atomic mass is 16.7. The summed E-state index contributed by atoms with van der Waals surface area (Å²) in [4.78, 5) is 46.4. The van der Waals surface area contributed by atoms with Gasteiger partial charge in [0.2, 0.25) is 0 Å². The van der Waals surface area contributed by atoms with Crippen molar-refractivity contribution in [2.24, 2.45) is 7.05 Å². The zero-order valence-corrected chi connectivity index (χ0v) is 13.6. The minimum Gasteiger partial charge on any atom is -0.324 e. The number of amides is 2. The maximum Gasteiger partial charge on any atom is 0.367 e. The number of fused-ring (bicyclic) bond motifs is 1. The minimum atomic E-state index is -0.855. The van der Waals surface area contributed by atoms with E-state index in [-0.39, 0.29) is 16.7 Å². The number of hydrogen-bond donors (Lipinski definition) is 0. The van der Waals surface area contributed by atoms with Crippen LogP contribution in [0.1, 0.15) is 31.1 Å². The number of pyridine rings is 1. The van der Waals surface area contributed by atoms with Crippen molar-refractivity contribution in [2.75, 3.05) is 0 Å². The molecule has 1 aliphatic rings. The standard InChI is InChI=1S/C18H12N4O4/c1-21-10-14(15(20-21)11-5-4-8-19-9-11)18(25)26-22-16(23)12-6-2-3-7-13(12)17(22)24/h2-10H,1H3. The Balaban J connectivity index is 1.65. The topological polar surface area (TPSA) is 94.4 Å². The number of hydroxylamine groups is 2. The van der Waals surface area contributed by atoms with Crippen molar-refractivity contribution < 1.29 is 19.2 Å². The lowest BCUT2D eigenvalue weighted by Gasteiger charge is -2.12. The molecule has 4 rings (SSSR count). The summed E-state index contributed by atoms with van der Waals surface area (Å²) in [6.45, 7) is 0. The van der Waals surface area contributed by atoms with E-state index >= 15 is 0 Å². The summed E-state index contributed by atoms with van der Waals surface area (Å²) in [5.74, 6) is -2.21. The Morgan fingerprint density at radius 3 is 2.35 bits per heavy atom. The van der Waals surface area contributed by atoms with E-state index in [2.05, 4.69) is 10.1 Å². The van der Waals surface area contributed by atoms with Crippen LogP contribution in [0.4, 0.5) is 0 Å². The molecule has 3 aromatic rings. The summed E-state index contributed by atoms with van der Waals surface area (Å²) in [6.07, 6.45) is 4.62. The highest BCUT2D eigenvalue weighted by molar-refractivity contribution is 6.21. The molecule has 0 saturated heterocycles. The Bertz CT molecular complexity index is 1010. The first-order valence-electron chi connectivity index (χ1n) is 7.70. The van der Waals surface area contributed by atoms with Gasteiger partial charge >= 0.3 is 5.97 Å². The molecule has 8 nitrogen and oxygen atoms in total. The molecule has 1 aromatic carbocycles. The average molecular weight is 348 g/mol. The molecule has 128 valence electrons. The zero-order chi connectivity index (χ0) is 18.3. The molecule has 0 atom stereocenters. The number of benzene rings is 1. The van der Waals surface area contributed by atoms with E-state index < -0.39 is 17.8 Å². The predicted octanol–water partition coefficient (Wildman–Crippen LogP) is 1.85. The van der Waals surface area contributed by atoms with E-state index in [0.29, 0.717) is 16.3 Å². The van der Waals surface area contributed by atoms with Gasteiger partial charge in [-0.25, -0.2) is 4.79 Å². The second kappa shape index (κ2) is 5.92. The van der Waals surface area contributed by atoms with E-state index in [1.165, 1.54) is 23.0 Å². The molecule has 2 aromatic heterocycles. The van der Waals surface area contributed by atoms with Crippen LogP contribution in [0.2, 0.25) is 0 Å². The van der Waals surface area contributed by atoms with Crippen LogP contribution < -0.4 is 0 Å². The number of aryl methyl sites for hydroxylation is 1. The van der Waals surface area contributed by atoms with Crippen molar-refractivity contribution in [3.05, 3.63) is 71.7 Å². The van der Waals surface area contributed by atoms with E-state index in [1.807, 2.05) is 0 Å². The summed E-state index contributed by atoms with van der Waals surface area (Å²) in [6, 6.07) is 9.74. The van der Waals surface area contributed by atoms with Gasteiger partial charge in [0.15, 0.2) is 0 Å². The third-order valence-electron chi connectivity index (χ3n) is 3.91. The van der Waals surface area contributed by atoms with Crippen LogP contribution >= 0.6 is 0 Å². The summed E-state index contributed by atoms with van der Waals surface area (Å²) >= 11 is 0. The van der Waals surface area contributed by atoms with Crippen LogP contribution in [0, 0.1) is 0 Å². The van der Waals surface area contributed by atoms with Crippen molar-refractivity contribution in [3.63, 3.8) is 0 Å². The summed E-state index contributed by atoms with van der Waals surface area (Å²) in [5, 5.41) is 4.72. The lowest BCUT2D eigenvalue weighted by Crippen LogP contribution is -2.32. The van der Waals surface area contributed by atoms with Crippen LogP contribution in [0.15, 0.2) is 55.0 Å². The van der Waals surface area contributed by atoms with E-state index in [9.17, 15) is 14.4 Å². The monoisotopic (exact) mass is 348 g/mol. The average Bonchev–Trinajstić information content (AvgIpc) is 3.17. The highest BCUT2D eigenvalue weighted by Gasteiger charge is 2.39. The number of carbonyl (C=O) groups excluding carboxylic acids is 3. The molecule has 3 heterocycles. The Hall–Kier alpha value is -3.81. The molecule has 0 N–H and O–H groups in total. The number of rotatable bonds is 3. The molecular weight excluding hydrogens is 336 g/mol. The molecular formula is C18H12N4O4. The third kappa shape index (κ3) is 2.44. The van der Waals surface area contributed by atoms with Gasteiger partial charge in [0.1, 0.15) is 11.3 Å². The SMILES string of the molecule is Cn1cc(C(=O)ON2C(=O)c3ccccc3C2=O)c(-c2cccnc2)n1. The van der Waals surface area contributed by atoms with Crippen LogP contribution in [-0.2, 0) is 11.9 Å². The summed E-state index contributed by atoms with van der Waals surface area (Å²) < 4.78 is 1.45. The lowest BCUT2D eigenvalue weighted by molar-refractivity contribution is -0.0584. The molecule has 0 fully saturated rings. The van der Waals surface area contributed by atoms with Crippen molar-refractivity contribution in [3.8, 4) is 11.3 Å². The highest BCUT2D eigenvalue weighted by Crippen LogP contribution is 2.26. The van der Waals surface area contributed by atoms with Crippen LogP contribution in [-0.4, -0.2) is 37.6 Å². The minimum absolute atomic E-state index is 0.122. The number of aromatic nitrogens is 3. The molecule has 0 spiro atoms. The number of hydrogen-bond acceptors (Lipinski definition) is 6. The van der Waals surface area contributed by atoms with E-state index in [0.717, 1.165) is 0 Å². The van der Waals surface area contributed by atoms with Gasteiger partial charge in [0.05, 0.1) is 11.1 Å². The second-order valence-corrected chi connectivity index (χ2v) is 5.64. The fourth-order valence-corrected chi connectivity index (χ4v) is 2.74. The zero-order valence-electron chi connectivity index (χ0n) is 13.6. The first-order valence-corrected chi connectivity index (χ1v) is 7.70. The predicted molar refractivity (Wildman–Crippen MR) is 88.8 cm³/mol. The first kappa shape index (κ1) is 15.7. The third-order valence-corrected chi connectivity index (χ3v) is 3.91. The van der Waals surface area contributed by atoms with Gasteiger partial charge < -0.3 is 4.84 Å².